The topological polar surface area (TPSA) is 142 Å². The molecule has 292 valence electrons. The van der Waals surface area contributed by atoms with Gasteiger partial charge in [0.2, 0.25) is 22.6 Å². The molecule has 0 saturated carbocycles. The minimum absolute atomic E-state index is 0.667. The van der Waals surface area contributed by atoms with Gasteiger partial charge >= 0.3 is 0 Å². The van der Waals surface area contributed by atoms with Crippen LogP contribution >= 0.6 is 15.9 Å². The molecule has 6 aromatic heterocycles. The molecule has 0 fully saturated rings. The van der Waals surface area contributed by atoms with Crippen molar-refractivity contribution in [3.05, 3.63) is 174 Å². The molecule has 0 radical (unpaired) electrons. The van der Waals surface area contributed by atoms with Crippen LogP contribution in [0.15, 0.2) is 163 Å². The molecular weight excluding hydrogens is 834 g/mol. The van der Waals surface area contributed by atoms with Crippen LogP contribution in [0.4, 0.5) is 17.1 Å². The summed E-state index contributed by atoms with van der Waals surface area (Å²) in [6.45, 7) is 0. The van der Waals surface area contributed by atoms with Gasteiger partial charge in [-0.05, 0) is 83.9 Å². The minimum Gasteiger partial charge on any atom is -0.457 e. The van der Waals surface area contributed by atoms with Crippen LogP contribution in [0, 0.1) is 0 Å². The lowest BCUT2D eigenvalue weighted by Crippen LogP contribution is -2.15. The van der Waals surface area contributed by atoms with Crippen molar-refractivity contribution in [2.45, 2.75) is 6.42 Å². The lowest BCUT2D eigenvalue weighted by Gasteiger charge is -2.32. The van der Waals surface area contributed by atoms with E-state index in [1.54, 1.807) is 25.3 Å². The highest BCUT2D eigenvalue weighted by Crippen LogP contribution is 2.50. The monoisotopic (exact) mass is 861 g/mol. The van der Waals surface area contributed by atoms with E-state index in [1.807, 2.05) is 96.5 Å². The second-order valence-electron chi connectivity index (χ2n) is 14.3. The number of nitrogens with zero attached hydrogens (tertiary/aromatic N) is 13. The van der Waals surface area contributed by atoms with Gasteiger partial charge in [0.25, 0.3) is 0 Å². The van der Waals surface area contributed by atoms with Crippen LogP contribution in [0.3, 0.4) is 0 Å². The zero-order valence-electron chi connectivity index (χ0n) is 31.7. The molecule has 8 heterocycles. The van der Waals surface area contributed by atoms with E-state index in [-0.39, 0.29) is 0 Å². The van der Waals surface area contributed by atoms with Crippen molar-refractivity contribution >= 4 is 77.6 Å². The predicted molar refractivity (Wildman–Crippen MR) is 232 cm³/mol. The molecule has 0 saturated heterocycles. The summed E-state index contributed by atoms with van der Waals surface area (Å²) < 4.78 is 20.6. The molecule has 12 aromatic rings. The largest absolute Gasteiger partial charge is 0.457 e. The molecule has 0 N–H and O–H groups in total. The first kappa shape index (κ1) is 34.8. The van der Waals surface area contributed by atoms with Crippen molar-refractivity contribution in [2.75, 3.05) is 4.90 Å². The highest BCUT2D eigenvalue weighted by molar-refractivity contribution is 9.10. The first-order valence-electron chi connectivity index (χ1n) is 19.2. The van der Waals surface area contributed by atoms with Crippen LogP contribution in [0.5, 0.6) is 23.0 Å². The summed E-state index contributed by atoms with van der Waals surface area (Å²) in [6.07, 6.45) is 7.74. The van der Waals surface area contributed by atoms with Gasteiger partial charge in [-0.25, -0.2) is 0 Å². The van der Waals surface area contributed by atoms with E-state index in [2.05, 4.69) is 116 Å². The minimum atomic E-state index is 0.667. The fourth-order valence-electron chi connectivity index (χ4n) is 8.00. The molecule has 0 unspecified atom stereocenters. The summed E-state index contributed by atoms with van der Waals surface area (Å²) in [5, 5.41) is 32.6. The van der Waals surface area contributed by atoms with Gasteiger partial charge in [0, 0.05) is 16.6 Å². The number of halogens is 1. The number of hydrogen-bond acceptors (Lipinski definition) is 11. The average molecular weight is 863 g/mol. The molecule has 2 aliphatic heterocycles. The van der Waals surface area contributed by atoms with Gasteiger partial charge < -0.3 is 14.4 Å². The van der Waals surface area contributed by atoms with Crippen molar-refractivity contribution in [1.82, 2.24) is 58.4 Å². The standard InChI is InChI=1S/C22H13N7O.C13H10O.C10H5BrN6/c1-3-7-19-16(5-1)29(17-6-2-4-8-20(17)30-19)14-9-10-15-18(11-14)28-13-24-26-22(28)21-25-23-12-27(15)21;1-3-7-12-10(5-1)9-11-6-2-4-8-13(11)14-12;11-6-1-2-7-8(3-6)17-5-13-15-10(17)9-14-12-4-16(7)9/h1-13H;1-8H,9H2;1-5H. The van der Waals surface area contributed by atoms with Crippen molar-refractivity contribution < 1.29 is 9.47 Å². The summed E-state index contributed by atoms with van der Waals surface area (Å²) in [6, 6.07) is 44.8. The molecule has 0 spiro atoms. The summed E-state index contributed by atoms with van der Waals surface area (Å²) in [4.78, 5) is 2.21. The van der Waals surface area contributed by atoms with Gasteiger partial charge in [0.1, 0.15) is 36.8 Å². The normalized spacial score (nSPS) is 12.5. The highest BCUT2D eigenvalue weighted by atomic mass is 79.9. The third-order valence-corrected chi connectivity index (χ3v) is 11.3. The van der Waals surface area contributed by atoms with Crippen molar-refractivity contribution in [3.63, 3.8) is 0 Å². The number of hydrogen-bond donors (Lipinski definition) is 0. The number of anilines is 3. The first-order chi connectivity index (χ1) is 30.2. The molecule has 0 atom stereocenters. The van der Waals surface area contributed by atoms with Gasteiger partial charge in [-0.1, -0.05) is 76.6 Å². The number of para-hydroxylation sites is 6. The molecular formula is C45H28BrN13O2. The van der Waals surface area contributed by atoms with E-state index >= 15 is 0 Å². The second-order valence-corrected chi connectivity index (χ2v) is 15.2. The lowest BCUT2D eigenvalue weighted by atomic mass is 10.0. The van der Waals surface area contributed by atoms with Crippen molar-refractivity contribution in [3.8, 4) is 23.0 Å². The van der Waals surface area contributed by atoms with Crippen LogP contribution in [-0.4, -0.2) is 58.4 Å². The fourth-order valence-corrected chi connectivity index (χ4v) is 8.35. The van der Waals surface area contributed by atoms with Gasteiger partial charge in [-0.15, -0.1) is 40.8 Å². The smallest absolute Gasteiger partial charge is 0.206 e. The van der Waals surface area contributed by atoms with Gasteiger partial charge in [0.05, 0.1) is 33.4 Å². The van der Waals surface area contributed by atoms with Gasteiger partial charge in [0.15, 0.2) is 11.5 Å². The summed E-state index contributed by atoms with van der Waals surface area (Å²) in [7, 11) is 0. The Bertz CT molecular complexity index is 3520. The number of rotatable bonds is 1. The Morgan fingerprint density at radius 3 is 1.34 bits per heavy atom. The van der Waals surface area contributed by atoms with Crippen LogP contribution in [0.25, 0.3) is 44.7 Å². The lowest BCUT2D eigenvalue weighted by molar-refractivity contribution is 0.460. The van der Waals surface area contributed by atoms with E-state index in [0.717, 1.165) is 73.0 Å². The molecule has 16 heteroatoms. The number of fused-ring (bicyclic) bond motifs is 16. The van der Waals surface area contributed by atoms with Crippen LogP contribution in [0.1, 0.15) is 11.1 Å². The van der Waals surface area contributed by atoms with E-state index in [9.17, 15) is 0 Å². The zero-order valence-corrected chi connectivity index (χ0v) is 33.3. The second kappa shape index (κ2) is 14.0. The summed E-state index contributed by atoms with van der Waals surface area (Å²) >= 11 is 3.47. The first-order valence-corrected chi connectivity index (χ1v) is 20.0. The number of ether oxygens (including phenoxy) is 2. The SMILES string of the molecule is Brc1ccc2c(c1)n1cnnc1c1nncn21.c1ccc2c(c1)Cc1ccccc1O2.c1ccc2c(c1)Oc1ccccc1N2c1ccc2c(c1)n1cnnc1c1nncn21. The number of benzene rings is 6. The van der Waals surface area contributed by atoms with Crippen LogP contribution < -0.4 is 14.4 Å². The Hall–Kier alpha value is -8.24. The quantitative estimate of drug-likeness (QED) is 0.156. The Morgan fingerprint density at radius 1 is 0.410 bits per heavy atom. The number of aromatic nitrogens is 12. The predicted octanol–water partition coefficient (Wildman–Crippen LogP) is 9.57. The Labute approximate surface area is 352 Å². The van der Waals surface area contributed by atoms with E-state index in [4.69, 9.17) is 9.47 Å². The third-order valence-electron chi connectivity index (χ3n) is 10.8. The summed E-state index contributed by atoms with van der Waals surface area (Å²) in [5.41, 5.74) is 12.2. The fraction of sp³-hybridized carbons (Fsp3) is 0.0222. The van der Waals surface area contributed by atoms with Crippen molar-refractivity contribution in [1.29, 1.82) is 0 Å². The van der Waals surface area contributed by atoms with Gasteiger partial charge in [-0.3, -0.25) is 17.6 Å². The maximum Gasteiger partial charge on any atom is 0.206 e. The Balaban J connectivity index is 0.000000108. The van der Waals surface area contributed by atoms with Crippen LogP contribution in [-0.2, 0) is 6.42 Å². The molecule has 2 aliphatic rings. The molecule has 0 bridgehead atoms. The highest BCUT2D eigenvalue weighted by Gasteiger charge is 2.26. The maximum absolute atomic E-state index is 6.13. The third kappa shape index (κ3) is 5.71. The van der Waals surface area contributed by atoms with Crippen LogP contribution in [0.2, 0.25) is 0 Å². The molecule has 14 rings (SSSR count). The average Bonchev–Trinajstić information content (AvgIpc) is 4.15. The zero-order chi connectivity index (χ0) is 40.4. The molecule has 15 nitrogen and oxygen atoms in total. The molecule has 61 heavy (non-hydrogen) atoms. The molecule has 0 aliphatic carbocycles. The molecule has 0 amide bonds. The molecule has 6 aromatic carbocycles. The maximum atomic E-state index is 6.13. The Morgan fingerprint density at radius 2 is 0.820 bits per heavy atom. The van der Waals surface area contributed by atoms with E-state index in [0.29, 0.717) is 22.6 Å². The van der Waals surface area contributed by atoms with Gasteiger partial charge in [-0.2, -0.15) is 0 Å². The summed E-state index contributed by atoms with van der Waals surface area (Å²) in [5.74, 6) is 3.62. The van der Waals surface area contributed by atoms with E-state index < -0.39 is 0 Å². The van der Waals surface area contributed by atoms with E-state index in [1.165, 1.54) is 11.1 Å². The Kier molecular flexibility index (Phi) is 7.95. The van der Waals surface area contributed by atoms with Crippen molar-refractivity contribution in [2.24, 2.45) is 0 Å².